The maximum absolute atomic E-state index is 14.5. The molecule has 7 aromatic rings. The summed E-state index contributed by atoms with van der Waals surface area (Å²) in [4.78, 5) is 137. The van der Waals surface area contributed by atoms with E-state index in [-0.39, 0.29) is 76.2 Å². The molecule has 8 amide bonds. The molecular formula is C74H80F2N8O16. The number of benzene rings is 7. The number of amides is 8. The molecule has 7 rings (SSSR count). The number of rotatable bonds is 38. The van der Waals surface area contributed by atoms with Crippen molar-refractivity contribution in [3.8, 4) is 23.0 Å². The first-order valence-electron chi connectivity index (χ1n) is 32.3. The highest BCUT2D eigenvalue weighted by atomic mass is 19.1. The van der Waals surface area contributed by atoms with E-state index in [9.17, 15) is 56.7 Å². The van der Waals surface area contributed by atoms with Gasteiger partial charge in [-0.2, -0.15) is 0 Å². The van der Waals surface area contributed by atoms with Gasteiger partial charge in [0.25, 0.3) is 11.8 Å². The number of carbonyl (C=O) groups excluding carboxylic acids is 10. The van der Waals surface area contributed by atoms with Crippen molar-refractivity contribution in [3.63, 3.8) is 0 Å². The molecule has 0 bridgehead atoms. The van der Waals surface area contributed by atoms with Gasteiger partial charge in [0.05, 0.1) is 14.2 Å². The Balaban J connectivity index is 0.947. The first-order valence-corrected chi connectivity index (χ1v) is 32.3. The molecule has 0 aliphatic carbocycles. The summed E-state index contributed by atoms with van der Waals surface area (Å²) in [6.07, 6.45) is 0.174. The van der Waals surface area contributed by atoms with Crippen molar-refractivity contribution in [1.29, 1.82) is 0 Å². The Labute approximate surface area is 577 Å². The van der Waals surface area contributed by atoms with Crippen LogP contribution in [0.4, 0.5) is 18.4 Å². The number of nitrogens with one attached hydrogen (secondary N) is 6. The lowest BCUT2D eigenvalue weighted by Gasteiger charge is -2.24. The van der Waals surface area contributed by atoms with Crippen LogP contribution in [0, 0.1) is 11.6 Å². The minimum Gasteiger partial charge on any atom is -0.467 e. The fourth-order valence-corrected chi connectivity index (χ4v) is 9.96. The second-order valence-electron chi connectivity index (χ2n) is 22.8. The second kappa shape index (κ2) is 40.8. The number of nitrogens with zero attached hydrogens (tertiary/aromatic N) is 2. The number of carbonyl (C=O) groups is 10. The van der Waals surface area contributed by atoms with Gasteiger partial charge >= 0.3 is 24.1 Å². The number of para-hydroxylation sites is 2. The van der Waals surface area contributed by atoms with Gasteiger partial charge < -0.3 is 70.1 Å². The van der Waals surface area contributed by atoms with Crippen LogP contribution in [0.1, 0.15) is 81.5 Å². The Morgan fingerprint density at radius 1 is 0.380 bits per heavy atom. The molecule has 0 aliphatic rings. The zero-order valence-electron chi connectivity index (χ0n) is 55.4. The van der Waals surface area contributed by atoms with Gasteiger partial charge in [0.15, 0.2) is 0 Å². The third-order valence-corrected chi connectivity index (χ3v) is 15.1. The van der Waals surface area contributed by atoms with Crippen molar-refractivity contribution >= 4 is 59.6 Å². The summed E-state index contributed by atoms with van der Waals surface area (Å²) in [6.45, 7) is -2.61. The number of hydrogen-bond donors (Lipinski definition) is 6. The molecular weight excluding hydrogens is 1290 g/mol. The molecule has 0 saturated heterocycles. The highest BCUT2D eigenvalue weighted by Gasteiger charge is 2.28. The van der Waals surface area contributed by atoms with Crippen LogP contribution in [0.5, 0.6) is 23.0 Å². The molecule has 0 radical (unpaired) electrons. The van der Waals surface area contributed by atoms with E-state index in [4.69, 9.17) is 28.4 Å². The summed E-state index contributed by atoms with van der Waals surface area (Å²) >= 11 is 0. The number of alkyl carbamates (subject to hydrolysis) is 2. The summed E-state index contributed by atoms with van der Waals surface area (Å²) in [5.74, 6) is -4.46. The zero-order chi connectivity index (χ0) is 71.4. The molecule has 0 aliphatic heterocycles. The predicted molar refractivity (Wildman–Crippen MR) is 362 cm³/mol. The van der Waals surface area contributed by atoms with Gasteiger partial charge in [-0.05, 0) is 165 Å². The number of esters is 2. The zero-order valence-corrected chi connectivity index (χ0v) is 55.4. The van der Waals surface area contributed by atoms with Crippen molar-refractivity contribution in [1.82, 2.24) is 41.7 Å². The van der Waals surface area contributed by atoms with Gasteiger partial charge in [0.1, 0.15) is 86.1 Å². The SMILES string of the molecule is COC(=O)[C@H](CCCCNC(=O)CN(CC(=O)NCCc1ccc(F)cc1)C(=O)c1cccc(C(=O)N(CC(=O)NCCCC[C@H](NC(=O)OCc2cccc(Oc3ccccc3)c2)C(=O)OC)CC(=O)NCCc2ccc(F)cc2)c1)NC(=O)OCc1cccc(Oc2ccccc2)c1. The van der Waals surface area contributed by atoms with Crippen LogP contribution < -0.4 is 41.4 Å². The molecule has 0 unspecified atom stereocenters. The maximum atomic E-state index is 14.5. The summed E-state index contributed by atoms with van der Waals surface area (Å²) in [6, 6.07) is 46.5. The monoisotopic (exact) mass is 1370 g/mol. The molecule has 0 saturated carbocycles. The average Bonchev–Trinajstić information content (AvgIpc) is 0.835. The van der Waals surface area contributed by atoms with Gasteiger partial charge in [-0.25, -0.2) is 28.0 Å². The van der Waals surface area contributed by atoms with E-state index in [0.29, 0.717) is 70.9 Å². The smallest absolute Gasteiger partial charge is 0.408 e. The van der Waals surface area contributed by atoms with Gasteiger partial charge in [-0.3, -0.25) is 28.8 Å². The third-order valence-electron chi connectivity index (χ3n) is 15.1. The average molecular weight is 1380 g/mol. The molecule has 0 spiro atoms. The maximum Gasteiger partial charge on any atom is 0.408 e. The minimum absolute atomic E-state index is 0.0353. The topological polar surface area (TPSA) is 305 Å². The Hall–Kier alpha value is -11.7. The molecule has 100 heavy (non-hydrogen) atoms. The Kier molecular flexibility index (Phi) is 30.8. The molecule has 7 aromatic carbocycles. The molecule has 0 aromatic heterocycles. The van der Waals surface area contributed by atoms with Crippen LogP contribution in [0.15, 0.2) is 182 Å². The van der Waals surface area contributed by atoms with Crippen molar-refractivity contribution in [3.05, 3.63) is 227 Å². The van der Waals surface area contributed by atoms with E-state index in [1.165, 1.54) is 62.8 Å². The number of hydrogen-bond acceptors (Lipinski definition) is 16. The molecule has 0 fully saturated rings. The minimum atomic E-state index is -1.11. The van der Waals surface area contributed by atoms with Crippen LogP contribution in [-0.2, 0) is 73.8 Å². The van der Waals surface area contributed by atoms with Gasteiger partial charge in [0.2, 0.25) is 23.6 Å². The number of unbranched alkanes of at least 4 members (excludes halogenated alkanes) is 2. The number of methoxy groups -OCH3 is 2. The highest BCUT2D eigenvalue weighted by Crippen LogP contribution is 2.24. The fraction of sp³-hybridized carbons (Fsp3) is 0.297. The van der Waals surface area contributed by atoms with Crippen LogP contribution in [0.2, 0.25) is 0 Å². The lowest BCUT2D eigenvalue weighted by Crippen LogP contribution is -2.47. The Bertz CT molecular complexity index is 3610. The Morgan fingerprint density at radius 3 is 1.10 bits per heavy atom. The lowest BCUT2D eigenvalue weighted by molar-refractivity contribution is -0.144. The summed E-state index contributed by atoms with van der Waals surface area (Å²) in [7, 11) is 2.34. The van der Waals surface area contributed by atoms with Crippen LogP contribution in [0.25, 0.3) is 0 Å². The van der Waals surface area contributed by atoms with E-state index in [0.717, 1.165) is 9.80 Å². The van der Waals surface area contributed by atoms with Crippen molar-refractivity contribution in [2.24, 2.45) is 0 Å². The van der Waals surface area contributed by atoms with Crippen molar-refractivity contribution < 1.29 is 85.1 Å². The van der Waals surface area contributed by atoms with E-state index in [1.807, 2.05) is 36.4 Å². The van der Waals surface area contributed by atoms with Crippen LogP contribution >= 0.6 is 0 Å². The molecule has 0 heterocycles. The first-order chi connectivity index (χ1) is 48.4. The molecule has 24 nitrogen and oxygen atoms in total. The van der Waals surface area contributed by atoms with E-state index < -0.39 is 109 Å². The van der Waals surface area contributed by atoms with Gasteiger partial charge in [-0.1, -0.05) is 91.0 Å². The molecule has 526 valence electrons. The van der Waals surface area contributed by atoms with E-state index in [1.54, 1.807) is 97.1 Å². The van der Waals surface area contributed by atoms with Crippen molar-refractivity contribution in [2.45, 2.75) is 76.7 Å². The number of halogens is 2. The highest BCUT2D eigenvalue weighted by molar-refractivity contribution is 6.03. The molecule has 26 heteroatoms. The normalized spacial score (nSPS) is 11.2. The second-order valence-corrected chi connectivity index (χ2v) is 22.8. The van der Waals surface area contributed by atoms with E-state index in [2.05, 4.69) is 31.9 Å². The van der Waals surface area contributed by atoms with Crippen LogP contribution in [0.3, 0.4) is 0 Å². The lowest BCUT2D eigenvalue weighted by atomic mass is 10.1. The number of ether oxygens (including phenoxy) is 6. The van der Waals surface area contributed by atoms with Crippen molar-refractivity contribution in [2.75, 3.05) is 66.6 Å². The predicted octanol–water partition coefficient (Wildman–Crippen LogP) is 8.66. The molecule has 6 N–H and O–H groups in total. The quantitative estimate of drug-likeness (QED) is 0.0120. The third kappa shape index (κ3) is 27.1. The fourth-order valence-electron chi connectivity index (χ4n) is 9.96. The standard InChI is InChI=1S/C74H80F2N8O16/c1-95-71(91)63(81-73(93)97-49-53-16-13-24-61(42-53)99-59-20-5-3-6-21-59)26-9-11-38-77-65(85)45-83(47-67(87)79-40-36-51-28-32-57(75)33-29-51)69(89)55-18-15-19-56(44-55)70(90)84(48-68(88)80-41-37-52-30-34-58(76)35-31-52)46-66(86)78-39-12-10-27-64(72(92)96-2)82-74(94)98-50-54-17-14-25-62(43-54)100-60-22-7-4-8-23-60/h3-8,13-25,28-35,42-44,63-64H,9-12,26-27,36-41,45-50H2,1-2H3,(H,77,85)(H,78,86)(H,79,87)(H,80,88)(H,81,93)(H,82,94)/t63-,64-/m0/s1. The van der Waals surface area contributed by atoms with Gasteiger partial charge in [-0.15, -0.1) is 0 Å². The largest absolute Gasteiger partial charge is 0.467 e. The van der Waals surface area contributed by atoms with Gasteiger partial charge in [0, 0.05) is 37.3 Å². The van der Waals surface area contributed by atoms with E-state index >= 15 is 0 Å². The summed E-state index contributed by atoms with van der Waals surface area (Å²) in [5.41, 5.74) is 2.38. The first kappa shape index (κ1) is 75.7. The van der Waals surface area contributed by atoms with Crippen LogP contribution in [-0.4, -0.2) is 148 Å². The summed E-state index contributed by atoms with van der Waals surface area (Å²) in [5, 5.41) is 15.9. The summed E-state index contributed by atoms with van der Waals surface area (Å²) < 4.78 is 59.6. The molecule has 2 atom stereocenters. The Morgan fingerprint density at radius 2 is 0.730 bits per heavy atom.